The van der Waals surface area contributed by atoms with Crippen LogP contribution in [0.1, 0.15) is 22.5 Å². The van der Waals surface area contributed by atoms with Crippen molar-refractivity contribution in [2.75, 3.05) is 19.3 Å². The van der Waals surface area contributed by atoms with Gasteiger partial charge in [0.25, 0.3) is 11.8 Å². The molecule has 130 valence electrons. The molecule has 0 radical (unpaired) electrons. The lowest BCUT2D eigenvalue weighted by Crippen LogP contribution is -2.24. The van der Waals surface area contributed by atoms with Gasteiger partial charge in [0.1, 0.15) is 16.1 Å². The highest BCUT2D eigenvalue weighted by Gasteiger charge is 2.25. The highest BCUT2D eigenvalue weighted by atomic mass is 32.1. The molecule has 1 aromatic carbocycles. The third-order valence-corrected chi connectivity index (χ3v) is 4.50. The first-order chi connectivity index (χ1) is 11.8. The highest BCUT2D eigenvalue weighted by molar-refractivity contribution is 7.19. The Bertz CT molecular complexity index is 829. The number of primary amides is 1. The summed E-state index contributed by atoms with van der Waals surface area (Å²) in [6.07, 6.45) is 5.18. The molecule has 2 aromatic rings. The largest absolute Gasteiger partial charge is 0.389 e. The number of nitrogens with zero attached hydrogens (tertiary/aromatic N) is 2. The Labute approximate surface area is 149 Å². The smallest absolute Gasteiger partial charge is 0.270 e. The average molecular weight is 358 g/mol. The summed E-state index contributed by atoms with van der Waals surface area (Å²) in [6.45, 7) is 0.694. The maximum atomic E-state index is 11.0. The second-order valence-corrected chi connectivity index (χ2v) is 6.42. The lowest BCUT2D eigenvalue weighted by atomic mass is 10.1. The number of amides is 2. The van der Waals surface area contributed by atoms with Crippen LogP contribution in [-0.4, -0.2) is 46.5 Å². The van der Waals surface area contributed by atoms with Crippen LogP contribution in [0.5, 0.6) is 0 Å². The number of benzene rings is 1. The van der Waals surface area contributed by atoms with E-state index in [1.165, 1.54) is 16.2 Å². The number of terminal acetylenes is 1. The molecular formula is C17H18N4O3S. The molecule has 25 heavy (non-hydrogen) atoms. The van der Waals surface area contributed by atoms with E-state index in [2.05, 4.69) is 10.9 Å². The molecule has 1 fully saturated rings. The minimum atomic E-state index is -0.722. The molecule has 7 nitrogen and oxygen atoms in total. The lowest BCUT2D eigenvalue weighted by molar-refractivity contribution is -0.133. The Morgan fingerprint density at radius 1 is 1.52 bits per heavy atom. The van der Waals surface area contributed by atoms with E-state index in [1.807, 2.05) is 24.3 Å². The zero-order chi connectivity index (χ0) is 18.6. The minimum Gasteiger partial charge on any atom is -0.389 e. The first kappa shape index (κ1) is 18.4. The molecule has 1 atom stereocenters. The zero-order valence-corrected chi connectivity index (χ0v) is 14.4. The predicted octanol–water partition coefficient (Wildman–Crippen LogP) is 0.682. The Hall–Kier alpha value is -2.89. The summed E-state index contributed by atoms with van der Waals surface area (Å²) in [7, 11) is 1.69. The van der Waals surface area contributed by atoms with E-state index < -0.39 is 12.0 Å². The molecule has 3 rings (SSSR count). The molecule has 0 unspecified atom stereocenters. The van der Waals surface area contributed by atoms with Gasteiger partial charge in [0.2, 0.25) is 0 Å². The summed E-state index contributed by atoms with van der Waals surface area (Å²) in [6, 6.07) is 7.30. The molecule has 5 N–H and O–H groups in total. The Kier molecular flexibility index (Phi) is 5.75. The fourth-order valence-corrected chi connectivity index (χ4v) is 3.01. The molecule has 8 heteroatoms. The first-order valence-corrected chi connectivity index (χ1v) is 8.21. The predicted molar refractivity (Wildman–Crippen MR) is 96.7 cm³/mol. The van der Waals surface area contributed by atoms with Crippen molar-refractivity contribution in [2.45, 2.75) is 12.5 Å². The van der Waals surface area contributed by atoms with Gasteiger partial charge >= 0.3 is 0 Å². The van der Waals surface area contributed by atoms with Gasteiger partial charge in [-0.15, -0.1) is 6.42 Å². The van der Waals surface area contributed by atoms with Crippen LogP contribution in [0, 0.1) is 12.3 Å². The topological polar surface area (TPSA) is 123 Å². The third-order valence-electron chi connectivity index (χ3n) is 3.56. The molecule has 1 aliphatic rings. The molecule has 0 saturated carbocycles. The Balaban J connectivity index is 0.000000236. The van der Waals surface area contributed by atoms with Gasteiger partial charge in [-0.2, -0.15) is 0 Å². The van der Waals surface area contributed by atoms with Crippen LogP contribution in [-0.2, 0) is 4.79 Å². The number of likely N-dealkylation sites (N-methyl/N-ethyl adjacent to an activating group) is 1. The van der Waals surface area contributed by atoms with Crippen LogP contribution >= 0.6 is 11.3 Å². The van der Waals surface area contributed by atoms with Crippen LogP contribution in [0.4, 0.5) is 5.00 Å². The van der Waals surface area contributed by atoms with E-state index in [1.54, 1.807) is 7.05 Å². The highest BCUT2D eigenvalue weighted by Crippen LogP contribution is 2.30. The van der Waals surface area contributed by atoms with E-state index in [0.29, 0.717) is 23.0 Å². The van der Waals surface area contributed by atoms with Gasteiger partial charge in [-0.1, -0.05) is 29.4 Å². The summed E-state index contributed by atoms with van der Waals surface area (Å²) < 4.78 is 0. The zero-order valence-electron chi connectivity index (χ0n) is 13.6. The number of aromatic nitrogens is 1. The summed E-state index contributed by atoms with van der Waals surface area (Å²) in [5.41, 5.74) is 12.5. The molecule has 2 heterocycles. The van der Waals surface area contributed by atoms with Gasteiger partial charge in [0, 0.05) is 24.7 Å². The van der Waals surface area contributed by atoms with Crippen molar-refractivity contribution in [3.8, 4) is 22.9 Å². The number of aliphatic hydroxyl groups excluding tert-OH is 1. The molecular weight excluding hydrogens is 340 g/mol. The Morgan fingerprint density at radius 2 is 2.24 bits per heavy atom. The van der Waals surface area contributed by atoms with Crippen LogP contribution in [0.2, 0.25) is 0 Å². The number of nitrogen functional groups attached to an aromatic ring is 1. The molecule has 1 saturated heterocycles. The number of hydrogen-bond acceptors (Lipinski definition) is 6. The fourth-order valence-electron chi connectivity index (χ4n) is 2.18. The molecule has 0 spiro atoms. The van der Waals surface area contributed by atoms with E-state index >= 15 is 0 Å². The summed E-state index contributed by atoms with van der Waals surface area (Å²) in [5, 5.41) is 9.73. The van der Waals surface area contributed by atoms with Crippen LogP contribution in [0.3, 0.4) is 0 Å². The van der Waals surface area contributed by atoms with Crippen molar-refractivity contribution in [3.05, 3.63) is 35.5 Å². The van der Waals surface area contributed by atoms with Gasteiger partial charge in [-0.05, 0) is 18.6 Å². The van der Waals surface area contributed by atoms with Crippen molar-refractivity contribution in [2.24, 2.45) is 5.73 Å². The van der Waals surface area contributed by atoms with Crippen LogP contribution in [0.25, 0.3) is 10.6 Å². The molecule has 1 aliphatic heterocycles. The molecule has 1 aromatic heterocycles. The summed E-state index contributed by atoms with van der Waals surface area (Å²) >= 11 is 1.21. The van der Waals surface area contributed by atoms with Crippen molar-refractivity contribution >= 4 is 28.2 Å². The SMILES string of the molecule is C#Cc1cccc(-c2nc(C(N)=O)c(N)s2)c1.CN1CC[C@H](O)C1=O. The minimum absolute atomic E-state index is 0.108. The number of carbonyl (C=O) groups excluding carboxylic acids is 2. The third kappa shape index (κ3) is 4.35. The van der Waals surface area contributed by atoms with Gasteiger partial charge < -0.3 is 21.5 Å². The van der Waals surface area contributed by atoms with Crippen molar-refractivity contribution in [1.82, 2.24) is 9.88 Å². The molecule has 2 amide bonds. The van der Waals surface area contributed by atoms with Crippen LogP contribution in [0.15, 0.2) is 24.3 Å². The monoisotopic (exact) mass is 358 g/mol. The van der Waals surface area contributed by atoms with Gasteiger partial charge in [0.15, 0.2) is 5.69 Å². The second kappa shape index (κ2) is 7.79. The number of rotatable bonds is 2. The number of nitrogens with two attached hydrogens (primary N) is 2. The second-order valence-electron chi connectivity index (χ2n) is 5.39. The first-order valence-electron chi connectivity index (χ1n) is 7.39. The van der Waals surface area contributed by atoms with Crippen molar-refractivity contribution in [1.29, 1.82) is 0 Å². The fraction of sp³-hybridized carbons (Fsp3) is 0.235. The average Bonchev–Trinajstić information content (AvgIpc) is 3.13. The van der Waals surface area contributed by atoms with Gasteiger partial charge in [-0.3, -0.25) is 9.59 Å². The number of likely N-dealkylation sites (tertiary alicyclic amines) is 1. The number of hydrogen-bond donors (Lipinski definition) is 3. The number of carbonyl (C=O) groups is 2. The molecule has 0 aliphatic carbocycles. The standard InChI is InChI=1S/C12H9N3OS.C5H9NO2/c1-2-7-4-3-5-8(6-7)12-15-9(10(13)16)11(14)17-12;1-6-3-2-4(7)5(6)8/h1,3-6H,14H2,(H2,13,16);4,7H,2-3H2,1H3/t;4-/m.0/s1. The van der Waals surface area contributed by atoms with Crippen molar-refractivity contribution < 1.29 is 14.7 Å². The van der Waals surface area contributed by atoms with E-state index in [-0.39, 0.29) is 11.6 Å². The Morgan fingerprint density at radius 3 is 2.68 bits per heavy atom. The van der Waals surface area contributed by atoms with Crippen molar-refractivity contribution in [3.63, 3.8) is 0 Å². The maximum Gasteiger partial charge on any atom is 0.270 e. The van der Waals surface area contributed by atoms with E-state index in [9.17, 15) is 9.59 Å². The maximum absolute atomic E-state index is 11.0. The normalized spacial score (nSPS) is 16.1. The van der Waals surface area contributed by atoms with Crippen LogP contribution < -0.4 is 11.5 Å². The van der Waals surface area contributed by atoms with E-state index in [4.69, 9.17) is 23.0 Å². The summed E-state index contributed by atoms with van der Waals surface area (Å²) in [4.78, 5) is 27.3. The molecule has 0 bridgehead atoms. The lowest BCUT2D eigenvalue weighted by Gasteiger charge is -2.04. The number of aliphatic hydroxyl groups is 1. The van der Waals surface area contributed by atoms with Gasteiger partial charge in [-0.25, -0.2) is 4.98 Å². The quantitative estimate of drug-likeness (QED) is 0.682. The van der Waals surface area contributed by atoms with E-state index in [0.717, 1.165) is 11.1 Å². The van der Waals surface area contributed by atoms with Gasteiger partial charge in [0.05, 0.1) is 0 Å². The number of thiazole rings is 1. The number of anilines is 1. The summed E-state index contributed by atoms with van der Waals surface area (Å²) in [5.74, 6) is 1.76.